The van der Waals surface area contributed by atoms with Crippen molar-refractivity contribution in [2.75, 3.05) is 0 Å². The lowest BCUT2D eigenvalue weighted by Gasteiger charge is -2.60. The molecule has 4 aliphatic carbocycles. The number of fused-ring (bicyclic) bond motifs is 5. The van der Waals surface area contributed by atoms with Gasteiger partial charge < -0.3 is 4.74 Å². The molecule has 3 heteroatoms. The van der Waals surface area contributed by atoms with Crippen LogP contribution in [-0.4, -0.2) is 17.9 Å². The lowest BCUT2D eigenvalue weighted by atomic mass is 9.45. The van der Waals surface area contributed by atoms with Crippen molar-refractivity contribution in [2.45, 2.75) is 104 Å². The van der Waals surface area contributed by atoms with E-state index in [9.17, 15) is 9.59 Å². The first-order valence-electron chi connectivity index (χ1n) is 12.0. The van der Waals surface area contributed by atoms with Gasteiger partial charge in [0.1, 0.15) is 11.9 Å². The van der Waals surface area contributed by atoms with Gasteiger partial charge in [0, 0.05) is 18.3 Å². The van der Waals surface area contributed by atoms with Crippen molar-refractivity contribution in [1.82, 2.24) is 0 Å². The second-order valence-corrected chi connectivity index (χ2v) is 11.4. The molecule has 0 heterocycles. The molecule has 4 aliphatic rings. The second kappa shape index (κ2) is 7.43. The van der Waals surface area contributed by atoms with E-state index in [1.165, 1.54) is 25.7 Å². The Morgan fingerprint density at radius 3 is 2.61 bits per heavy atom. The van der Waals surface area contributed by atoms with E-state index in [4.69, 9.17) is 4.74 Å². The first-order valence-corrected chi connectivity index (χ1v) is 12.0. The Labute approximate surface area is 171 Å². The number of hydrogen-bond acceptors (Lipinski definition) is 3. The summed E-state index contributed by atoms with van der Waals surface area (Å²) in [6.45, 7) is 9.12. The third-order valence-corrected chi connectivity index (χ3v) is 9.55. The van der Waals surface area contributed by atoms with Crippen molar-refractivity contribution in [1.29, 1.82) is 0 Å². The van der Waals surface area contributed by atoms with Crippen molar-refractivity contribution in [2.24, 2.45) is 40.4 Å². The minimum absolute atomic E-state index is 0.00823. The summed E-state index contributed by atoms with van der Waals surface area (Å²) < 4.78 is 5.89. The third-order valence-electron chi connectivity index (χ3n) is 9.55. The Bertz CT molecular complexity index is 625. The molecule has 28 heavy (non-hydrogen) atoms. The summed E-state index contributed by atoms with van der Waals surface area (Å²) in [5, 5.41) is 0. The molecule has 158 valence electrons. The zero-order chi connectivity index (χ0) is 20.1. The zero-order valence-corrected chi connectivity index (χ0v) is 18.5. The number of esters is 1. The lowest BCUT2D eigenvalue weighted by molar-refractivity contribution is -0.162. The molecular weight excluding hydrogens is 348 g/mol. The first kappa shape index (κ1) is 20.4. The Morgan fingerprint density at radius 2 is 1.86 bits per heavy atom. The number of hydrogen-bond donors (Lipinski definition) is 0. The molecule has 4 fully saturated rings. The molecule has 0 aliphatic heterocycles. The van der Waals surface area contributed by atoms with Crippen LogP contribution in [0.25, 0.3) is 0 Å². The Kier molecular flexibility index (Phi) is 5.42. The smallest absolute Gasteiger partial charge is 0.306 e. The number of ether oxygens (including phenoxy) is 1. The molecule has 4 rings (SSSR count). The second-order valence-electron chi connectivity index (χ2n) is 11.4. The average molecular weight is 389 g/mol. The van der Waals surface area contributed by atoms with Gasteiger partial charge in [0.25, 0.3) is 0 Å². The molecule has 0 radical (unpaired) electrons. The van der Waals surface area contributed by atoms with Crippen molar-refractivity contribution >= 4 is 11.8 Å². The highest BCUT2D eigenvalue weighted by atomic mass is 16.5. The molecule has 4 saturated carbocycles. The van der Waals surface area contributed by atoms with Crippen LogP contribution < -0.4 is 0 Å². The maximum atomic E-state index is 12.6. The summed E-state index contributed by atoms with van der Waals surface area (Å²) in [6, 6.07) is 0. The number of Topliss-reactive ketones (excluding diaryl/α,β-unsaturated/α-hetero) is 1. The fourth-order valence-electron chi connectivity index (χ4n) is 7.75. The van der Waals surface area contributed by atoms with Crippen LogP contribution in [0.15, 0.2) is 0 Å². The summed E-state index contributed by atoms with van der Waals surface area (Å²) in [6.07, 6.45) is 11.7. The fraction of sp³-hybridized carbons (Fsp3) is 0.920. The molecule has 3 nitrogen and oxygen atoms in total. The Balaban J connectivity index is 1.41. The SMILES string of the molecule is CC(C)CCC(=O)O[C@@H]1CC[C@@]2(C)[C@@H](CC[C@@H]3[C@@H]2CC[C@]2(C)C(=O)CC[C@@H]32)C1. The van der Waals surface area contributed by atoms with Crippen LogP contribution in [0.3, 0.4) is 0 Å². The van der Waals surface area contributed by atoms with E-state index in [-0.39, 0.29) is 17.5 Å². The van der Waals surface area contributed by atoms with E-state index >= 15 is 0 Å². The highest BCUT2D eigenvalue weighted by Gasteiger charge is 2.60. The third kappa shape index (κ3) is 3.35. The van der Waals surface area contributed by atoms with E-state index in [1.54, 1.807) is 0 Å². The van der Waals surface area contributed by atoms with E-state index in [2.05, 4.69) is 27.7 Å². The molecule has 0 spiro atoms. The predicted octanol–water partition coefficient (Wildman–Crippen LogP) is 5.95. The molecule has 0 aromatic carbocycles. The maximum absolute atomic E-state index is 12.6. The standard InChI is InChI=1S/C25H40O3/c1-16(2)5-10-23(27)28-18-11-13-24(3)17(15-18)6-7-19-20-8-9-22(26)25(20,4)14-12-21(19)24/h16-21H,5-15H2,1-4H3/t17-,18+,19-,20-,21-,24-,25-/m0/s1. The molecule has 0 unspecified atom stereocenters. The molecule has 0 aromatic heterocycles. The lowest BCUT2D eigenvalue weighted by Crippen LogP contribution is -2.54. The van der Waals surface area contributed by atoms with E-state index in [1.807, 2.05) is 0 Å². The quantitative estimate of drug-likeness (QED) is 0.559. The Hall–Kier alpha value is -0.860. The van der Waals surface area contributed by atoms with Gasteiger partial charge in [0.2, 0.25) is 0 Å². The average Bonchev–Trinajstić information content (AvgIpc) is 2.95. The van der Waals surface area contributed by atoms with Gasteiger partial charge >= 0.3 is 5.97 Å². The summed E-state index contributed by atoms with van der Waals surface area (Å²) >= 11 is 0. The van der Waals surface area contributed by atoms with Crippen LogP contribution in [0.2, 0.25) is 0 Å². The van der Waals surface area contributed by atoms with Gasteiger partial charge in [-0.15, -0.1) is 0 Å². The van der Waals surface area contributed by atoms with Gasteiger partial charge in [-0.3, -0.25) is 9.59 Å². The van der Waals surface area contributed by atoms with Gasteiger partial charge in [-0.1, -0.05) is 27.7 Å². The van der Waals surface area contributed by atoms with Crippen molar-refractivity contribution < 1.29 is 14.3 Å². The van der Waals surface area contributed by atoms with E-state index < -0.39 is 0 Å². The zero-order valence-electron chi connectivity index (χ0n) is 18.5. The molecular formula is C25H40O3. The van der Waals surface area contributed by atoms with Crippen LogP contribution in [0.4, 0.5) is 0 Å². The van der Waals surface area contributed by atoms with Gasteiger partial charge in [0.05, 0.1) is 0 Å². The molecule has 0 bridgehead atoms. The molecule has 0 saturated heterocycles. The minimum Gasteiger partial charge on any atom is -0.462 e. The van der Waals surface area contributed by atoms with Crippen LogP contribution in [0.1, 0.15) is 98.3 Å². The van der Waals surface area contributed by atoms with Gasteiger partial charge in [-0.05, 0) is 92.8 Å². The number of ketones is 1. The van der Waals surface area contributed by atoms with Crippen LogP contribution >= 0.6 is 0 Å². The predicted molar refractivity (Wildman–Crippen MR) is 111 cm³/mol. The van der Waals surface area contributed by atoms with Crippen LogP contribution in [0, 0.1) is 40.4 Å². The van der Waals surface area contributed by atoms with Crippen molar-refractivity contribution in [3.63, 3.8) is 0 Å². The monoisotopic (exact) mass is 388 g/mol. The van der Waals surface area contributed by atoms with Crippen LogP contribution in [-0.2, 0) is 14.3 Å². The van der Waals surface area contributed by atoms with Crippen molar-refractivity contribution in [3.05, 3.63) is 0 Å². The summed E-state index contributed by atoms with van der Waals surface area (Å²) in [4.78, 5) is 24.8. The fourth-order valence-corrected chi connectivity index (χ4v) is 7.75. The summed E-state index contributed by atoms with van der Waals surface area (Å²) in [5.41, 5.74) is 0.365. The summed E-state index contributed by atoms with van der Waals surface area (Å²) in [7, 11) is 0. The summed E-state index contributed by atoms with van der Waals surface area (Å²) in [5.74, 6) is 3.94. The largest absolute Gasteiger partial charge is 0.462 e. The topological polar surface area (TPSA) is 43.4 Å². The van der Waals surface area contributed by atoms with Gasteiger partial charge in [-0.25, -0.2) is 0 Å². The van der Waals surface area contributed by atoms with Crippen LogP contribution in [0.5, 0.6) is 0 Å². The van der Waals surface area contributed by atoms with Crippen molar-refractivity contribution in [3.8, 4) is 0 Å². The van der Waals surface area contributed by atoms with E-state index in [0.29, 0.717) is 35.4 Å². The molecule has 0 N–H and O–H groups in total. The molecule has 0 amide bonds. The number of rotatable bonds is 4. The first-order chi connectivity index (χ1) is 13.2. The number of carbonyl (C=O) groups is 2. The Morgan fingerprint density at radius 1 is 1.07 bits per heavy atom. The maximum Gasteiger partial charge on any atom is 0.306 e. The minimum atomic E-state index is -0.0203. The number of carbonyl (C=O) groups excluding carboxylic acids is 2. The normalized spacial score (nSPS) is 45.3. The van der Waals surface area contributed by atoms with Gasteiger partial charge in [0.15, 0.2) is 0 Å². The molecule has 7 atom stereocenters. The van der Waals surface area contributed by atoms with Gasteiger partial charge in [-0.2, -0.15) is 0 Å². The molecule has 0 aromatic rings. The highest BCUT2D eigenvalue weighted by molar-refractivity contribution is 5.87. The highest BCUT2D eigenvalue weighted by Crippen LogP contribution is 2.65. The van der Waals surface area contributed by atoms with E-state index in [0.717, 1.165) is 50.4 Å².